The Morgan fingerprint density at radius 1 is 1.42 bits per heavy atom. The Morgan fingerprint density at radius 2 is 2.11 bits per heavy atom. The Bertz CT molecular complexity index is 512. The van der Waals surface area contributed by atoms with Crippen molar-refractivity contribution in [2.75, 3.05) is 11.4 Å². The number of halogens is 1. The smallest absolute Gasteiger partial charge is 0.240 e. The molecule has 1 saturated carbocycles. The molecule has 2 amide bonds. The van der Waals surface area contributed by atoms with Gasteiger partial charge in [0.25, 0.3) is 0 Å². The van der Waals surface area contributed by atoms with Gasteiger partial charge in [0.1, 0.15) is 6.54 Å². The van der Waals surface area contributed by atoms with Crippen molar-refractivity contribution in [2.24, 2.45) is 0 Å². The van der Waals surface area contributed by atoms with Gasteiger partial charge in [-0.15, -0.1) is 0 Å². The zero-order chi connectivity index (χ0) is 14.0. The molecule has 0 heterocycles. The molecule has 1 fully saturated rings. The molecule has 0 spiro atoms. The van der Waals surface area contributed by atoms with E-state index in [9.17, 15) is 9.59 Å². The van der Waals surface area contributed by atoms with Gasteiger partial charge in [0.2, 0.25) is 11.8 Å². The lowest BCUT2D eigenvalue weighted by Crippen LogP contribution is -2.40. The van der Waals surface area contributed by atoms with Gasteiger partial charge < -0.3 is 10.2 Å². The average Bonchev–Trinajstić information content (AvgIpc) is 3.13. The zero-order valence-electron chi connectivity index (χ0n) is 11.1. The van der Waals surface area contributed by atoms with Gasteiger partial charge in [-0.3, -0.25) is 9.59 Å². The largest absolute Gasteiger partial charge is 0.352 e. The summed E-state index contributed by atoms with van der Waals surface area (Å²) in [5.41, 5.74) is 1.59. The summed E-state index contributed by atoms with van der Waals surface area (Å²) in [5, 5.41) is 3.46. The third kappa shape index (κ3) is 3.70. The van der Waals surface area contributed by atoms with E-state index in [-0.39, 0.29) is 18.4 Å². The van der Waals surface area contributed by atoms with E-state index < -0.39 is 0 Å². The minimum Gasteiger partial charge on any atom is -0.352 e. The highest BCUT2D eigenvalue weighted by molar-refractivity contribution is 6.31. The van der Waals surface area contributed by atoms with Crippen molar-refractivity contribution in [3.63, 3.8) is 0 Å². The fourth-order valence-corrected chi connectivity index (χ4v) is 1.95. The summed E-state index contributed by atoms with van der Waals surface area (Å²) in [6.07, 6.45) is 2.06. The van der Waals surface area contributed by atoms with Gasteiger partial charge in [-0.2, -0.15) is 0 Å². The number of aryl methyl sites for hydroxylation is 1. The topological polar surface area (TPSA) is 49.4 Å². The van der Waals surface area contributed by atoms with Crippen LogP contribution in [0.15, 0.2) is 18.2 Å². The number of carbonyl (C=O) groups is 2. The number of amides is 2. The first-order valence-corrected chi connectivity index (χ1v) is 6.69. The van der Waals surface area contributed by atoms with Crippen molar-refractivity contribution in [1.82, 2.24) is 5.32 Å². The van der Waals surface area contributed by atoms with Crippen LogP contribution < -0.4 is 10.2 Å². The number of nitrogens with one attached hydrogen (secondary N) is 1. The lowest BCUT2D eigenvalue weighted by atomic mass is 10.2. The molecule has 1 aromatic carbocycles. The van der Waals surface area contributed by atoms with Crippen molar-refractivity contribution >= 4 is 29.1 Å². The van der Waals surface area contributed by atoms with E-state index in [0.717, 1.165) is 18.4 Å². The minimum atomic E-state index is -0.175. The third-order valence-electron chi connectivity index (χ3n) is 3.09. The Kier molecular flexibility index (Phi) is 4.10. The molecule has 1 N–H and O–H groups in total. The molecular formula is C14H17ClN2O2. The first-order valence-electron chi connectivity index (χ1n) is 6.31. The predicted molar refractivity (Wildman–Crippen MR) is 75.4 cm³/mol. The molecule has 0 saturated heterocycles. The highest BCUT2D eigenvalue weighted by Gasteiger charge is 2.25. The molecule has 1 aliphatic carbocycles. The number of anilines is 1. The summed E-state index contributed by atoms with van der Waals surface area (Å²) < 4.78 is 0. The molecule has 0 radical (unpaired) electrons. The van der Waals surface area contributed by atoms with Crippen LogP contribution in [0.3, 0.4) is 0 Å². The molecule has 0 aliphatic heterocycles. The second kappa shape index (κ2) is 5.61. The van der Waals surface area contributed by atoms with E-state index in [1.54, 1.807) is 12.1 Å². The summed E-state index contributed by atoms with van der Waals surface area (Å²) in [7, 11) is 0. The highest BCUT2D eigenvalue weighted by Crippen LogP contribution is 2.23. The maximum atomic E-state index is 11.8. The Morgan fingerprint density at radius 3 is 2.63 bits per heavy atom. The van der Waals surface area contributed by atoms with Gasteiger partial charge in [-0.25, -0.2) is 0 Å². The van der Waals surface area contributed by atoms with E-state index in [4.69, 9.17) is 11.6 Å². The van der Waals surface area contributed by atoms with Crippen LogP contribution in [0.1, 0.15) is 25.3 Å². The standard InChI is InChI=1S/C14H17ClN2O2/c1-9-3-6-12(7-13(9)15)17(10(2)18)8-14(19)16-11-4-5-11/h3,6-7,11H,4-5,8H2,1-2H3,(H,16,19). The maximum Gasteiger partial charge on any atom is 0.240 e. The summed E-state index contributed by atoms with van der Waals surface area (Å²) >= 11 is 6.05. The van der Waals surface area contributed by atoms with E-state index in [0.29, 0.717) is 16.8 Å². The summed E-state index contributed by atoms with van der Waals surface area (Å²) in [6.45, 7) is 3.37. The molecule has 1 aromatic rings. The molecule has 0 bridgehead atoms. The molecule has 5 heteroatoms. The normalized spacial score (nSPS) is 14.1. The van der Waals surface area contributed by atoms with E-state index in [1.807, 2.05) is 13.0 Å². The molecule has 102 valence electrons. The van der Waals surface area contributed by atoms with Crippen LogP contribution in [0, 0.1) is 6.92 Å². The predicted octanol–water partition coefficient (Wildman–Crippen LogP) is 2.28. The summed E-state index contributed by atoms with van der Waals surface area (Å²) in [5.74, 6) is -0.305. The number of carbonyl (C=O) groups excluding carboxylic acids is 2. The lowest BCUT2D eigenvalue weighted by Gasteiger charge is -2.21. The third-order valence-corrected chi connectivity index (χ3v) is 3.50. The van der Waals surface area contributed by atoms with Crippen molar-refractivity contribution in [3.8, 4) is 0 Å². The lowest BCUT2D eigenvalue weighted by molar-refractivity contribution is -0.123. The first kappa shape index (κ1) is 13.9. The molecule has 0 aromatic heterocycles. The van der Waals surface area contributed by atoms with Crippen molar-refractivity contribution < 1.29 is 9.59 Å². The molecule has 0 atom stereocenters. The minimum absolute atomic E-state index is 0.0330. The van der Waals surface area contributed by atoms with Crippen LogP contribution >= 0.6 is 11.6 Å². The van der Waals surface area contributed by atoms with Gasteiger partial charge >= 0.3 is 0 Å². The summed E-state index contributed by atoms with van der Waals surface area (Å²) in [4.78, 5) is 24.9. The molecule has 2 rings (SSSR count). The second-order valence-corrected chi connectivity index (χ2v) is 5.29. The second-order valence-electron chi connectivity index (χ2n) is 4.88. The molecule has 1 aliphatic rings. The maximum absolute atomic E-state index is 11.8. The molecule has 19 heavy (non-hydrogen) atoms. The van der Waals surface area contributed by atoms with E-state index >= 15 is 0 Å². The fraction of sp³-hybridized carbons (Fsp3) is 0.429. The fourth-order valence-electron chi connectivity index (χ4n) is 1.78. The van der Waals surface area contributed by atoms with Crippen LogP contribution in [0.2, 0.25) is 5.02 Å². The van der Waals surface area contributed by atoms with Crippen LogP contribution in [-0.2, 0) is 9.59 Å². The van der Waals surface area contributed by atoms with Gasteiger partial charge in [-0.1, -0.05) is 17.7 Å². The zero-order valence-corrected chi connectivity index (χ0v) is 11.8. The number of rotatable bonds is 4. The first-order chi connectivity index (χ1) is 8.97. The van der Waals surface area contributed by atoms with Gasteiger partial charge in [-0.05, 0) is 37.5 Å². The Hall–Kier alpha value is -1.55. The van der Waals surface area contributed by atoms with Crippen LogP contribution in [-0.4, -0.2) is 24.4 Å². The van der Waals surface area contributed by atoms with Crippen LogP contribution in [0.25, 0.3) is 0 Å². The average molecular weight is 281 g/mol. The number of benzene rings is 1. The van der Waals surface area contributed by atoms with E-state index in [2.05, 4.69) is 5.32 Å². The van der Waals surface area contributed by atoms with Crippen LogP contribution in [0.5, 0.6) is 0 Å². The number of hydrogen-bond acceptors (Lipinski definition) is 2. The SMILES string of the molecule is CC(=O)N(CC(=O)NC1CC1)c1ccc(C)c(Cl)c1. The van der Waals surface area contributed by atoms with Gasteiger partial charge in [0, 0.05) is 23.7 Å². The highest BCUT2D eigenvalue weighted by atomic mass is 35.5. The van der Waals surface area contributed by atoms with Gasteiger partial charge in [0.15, 0.2) is 0 Å². The van der Waals surface area contributed by atoms with Crippen molar-refractivity contribution in [2.45, 2.75) is 32.7 Å². The van der Waals surface area contributed by atoms with Crippen molar-refractivity contribution in [3.05, 3.63) is 28.8 Å². The number of hydrogen-bond donors (Lipinski definition) is 1. The monoisotopic (exact) mass is 280 g/mol. The Balaban J connectivity index is 2.11. The molecule has 4 nitrogen and oxygen atoms in total. The summed E-state index contributed by atoms with van der Waals surface area (Å²) in [6, 6.07) is 5.64. The Labute approximate surface area is 117 Å². The quantitative estimate of drug-likeness (QED) is 0.920. The molecular weight excluding hydrogens is 264 g/mol. The molecule has 0 unspecified atom stereocenters. The number of nitrogens with zero attached hydrogens (tertiary/aromatic N) is 1. The van der Waals surface area contributed by atoms with Crippen molar-refractivity contribution in [1.29, 1.82) is 0 Å². The van der Waals surface area contributed by atoms with Gasteiger partial charge in [0.05, 0.1) is 0 Å². The van der Waals surface area contributed by atoms with Crippen LogP contribution in [0.4, 0.5) is 5.69 Å². The van der Waals surface area contributed by atoms with E-state index in [1.165, 1.54) is 11.8 Å².